The van der Waals surface area contributed by atoms with Gasteiger partial charge in [-0.1, -0.05) is 24.3 Å². The van der Waals surface area contributed by atoms with Gasteiger partial charge in [-0.3, -0.25) is 0 Å². The van der Waals surface area contributed by atoms with Crippen molar-refractivity contribution in [2.24, 2.45) is 4.99 Å². The van der Waals surface area contributed by atoms with Gasteiger partial charge in [0.15, 0.2) is 0 Å². The summed E-state index contributed by atoms with van der Waals surface area (Å²) < 4.78 is 5.18. The minimum atomic E-state index is -0.314. The minimum absolute atomic E-state index is 0.314. The van der Waals surface area contributed by atoms with Crippen molar-refractivity contribution < 1.29 is 9.53 Å². The van der Waals surface area contributed by atoms with E-state index in [1.165, 1.54) is 0 Å². The van der Waals surface area contributed by atoms with Crippen LogP contribution in [0.25, 0.3) is 0 Å². The Labute approximate surface area is 99.1 Å². The summed E-state index contributed by atoms with van der Waals surface area (Å²) in [5, 5.41) is 0. The second-order valence-corrected chi connectivity index (χ2v) is 3.98. The van der Waals surface area contributed by atoms with Crippen LogP contribution in [0, 0.1) is 0 Å². The van der Waals surface area contributed by atoms with E-state index in [-0.39, 0.29) is 5.97 Å². The highest BCUT2D eigenvalue weighted by molar-refractivity contribution is 6.16. The van der Waals surface area contributed by atoms with E-state index in [0.29, 0.717) is 11.5 Å². The first kappa shape index (κ1) is 10.0. The lowest BCUT2D eigenvalue weighted by molar-refractivity contribution is 0.0737. The van der Waals surface area contributed by atoms with Crippen molar-refractivity contribution >= 4 is 11.9 Å². The third-order valence-corrected chi connectivity index (χ3v) is 2.80. The highest BCUT2D eigenvalue weighted by Gasteiger charge is 2.27. The fourth-order valence-electron chi connectivity index (χ4n) is 1.94. The molecule has 1 aliphatic carbocycles. The molecule has 1 heterocycles. The van der Waals surface area contributed by atoms with Crippen molar-refractivity contribution in [3.8, 4) is 0 Å². The molecule has 0 radical (unpaired) electrons. The Bertz CT molecular complexity index is 567. The molecule has 0 bridgehead atoms. The first-order valence-corrected chi connectivity index (χ1v) is 5.60. The summed E-state index contributed by atoms with van der Waals surface area (Å²) in [5.41, 5.74) is 2.33. The van der Waals surface area contributed by atoms with E-state index in [1.54, 1.807) is 6.07 Å². The molecule has 2 aliphatic rings. The van der Waals surface area contributed by atoms with Crippen LogP contribution in [0.5, 0.6) is 0 Å². The van der Waals surface area contributed by atoms with E-state index < -0.39 is 0 Å². The number of allylic oxidation sites excluding steroid dienone is 4. The predicted octanol–water partition coefficient (Wildman–Crippen LogP) is 2.84. The SMILES string of the molecule is O=C1OC(=NC2=CC=CCC2)c2ccccc21. The van der Waals surface area contributed by atoms with Crippen LogP contribution >= 0.6 is 0 Å². The molecule has 1 aliphatic heterocycles. The Morgan fingerprint density at radius 3 is 2.76 bits per heavy atom. The molecule has 0 spiro atoms. The number of benzene rings is 1. The molecular formula is C14H11NO2. The quantitative estimate of drug-likeness (QED) is 0.689. The van der Waals surface area contributed by atoms with Crippen LogP contribution in [0.3, 0.4) is 0 Å². The van der Waals surface area contributed by atoms with Crippen LogP contribution in [-0.2, 0) is 4.74 Å². The van der Waals surface area contributed by atoms with E-state index in [9.17, 15) is 4.79 Å². The van der Waals surface area contributed by atoms with Crippen LogP contribution in [0.15, 0.2) is 53.2 Å². The monoisotopic (exact) mass is 225 g/mol. The molecule has 0 unspecified atom stereocenters. The zero-order valence-electron chi connectivity index (χ0n) is 9.22. The van der Waals surface area contributed by atoms with Gasteiger partial charge in [-0.15, -0.1) is 0 Å². The summed E-state index contributed by atoms with van der Waals surface area (Å²) in [4.78, 5) is 16.0. The highest BCUT2D eigenvalue weighted by atomic mass is 16.5. The number of hydrogen-bond donors (Lipinski definition) is 0. The molecule has 0 N–H and O–H groups in total. The lowest BCUT2D eigenvalue weighted by atomic mass is 10.1. The van der Waals surface area contributed by atoms with Gasteiger partial charge in [-0.25, -0.2) is 9.79 Å². The van der Waals surface area contributed by atoms with Gasteiger partial charge >= 0.3 is 5.97 Å². The second-order valence-electron chi connectivity index (χ2n) is 3.98. The summed E-state index contributed by atoms with van der Waals surface area (Å²) in [7, 11) is 0. The summed E-state index contributed by atoms with van der Waals surface area (Å²) in [6, 6.07) is 7.32. The maximum absolute atomic E-state index is 11.6. The fourth-order valence-corrected chi connectivity index (χ4v) is 1.94. The molecule has 0 aromatic heterocycles. The van der Waals surface area contributed by atoms with Crippen LogP contribution in [-0.4, -0.2) is 11.9 Å². The molecular weight excluding hydrogens is 214 g/mol. The number of hydrogen-bond acceptors (Lipinski definition) is 3. The molecule has 17 heavy (non-hydrogen) atoms. The first-order chi connectivity index (χ1) is 8.34. The zero-order chi connectivity index (χ0) is 11.7. The summed E-state index contributed by atoms with van der Waals surface area (Å²) in [6.07, 6.45) is 7.90. The van der Waals surface area contributed by atoms with Gasteiger partial charge in [0.2, 0.25) is 5.90 Å². The van der Waals surface area contributed by atoms with E-state index in [1.807, 2.05) is 30.4 Å². The molecule has 0 atom stereocenters. The Hall–Kier alpha value is -2.16. The maximum Gasteiger partial charge on any atom is 0.345 e. The summed E-state index contributed by atoms with van der Waals surface area (Å²) in [5.74, 6) is 0.110. The number of carbonyl (C=O) groups excluding carboxylic acids is 1. The van der Waals surface area contributed by atoms with Crippen LogP contribution in [0.2, 0.25) is 0 Å². The van der Waals surface area contributed by atoms with Crippen molar-refractivity contribution in [2.75, 3.05) is 0 Å². The van der Waals surface area contributed by atoms with Gasteiger partial charge in [-0.2, -0.15) is 0 Å². The molecule has 84 valence electrons. The van der Waals surface area contributed by atoms with Gasteiger partial charge in [0, 0.05) is 5.70 Å². The molecule has 0 saturated heterocycles. The predicted molar refractivity (Wildman–Crippen MR) is 64.9 cm³/mol. The van der Waals surface area contributed by atoms with Crippen molar-refractivity contribution in [3.63, 3.8) is 0 Å². The summed E-state index contributed by atoms with van der Waals surface area (Å²) in [6.45, 7) is 0. The van der Waals surface area contributed by atoms with Crippen LogP contribution in [0.1, 0.15) is 28.8 Å². The van der Waals surface area contributed by atoms with Crippen molar-refractivity contribution in [1.82, 2.24) is 0 Å². The molecule has 3 rings (SSSR count). The molecule has 1 aromatic carbocycles. The topological polar surface area (TPSA) is 38.7 Å². The highest BCUT2D eigenvalue weighted by Crippen LogP contribution is 2.22. The first-order valence-electron chi connectivity index (χ1n) is 5.60. The van der Waals surface area contributed by atoms with E-state index in [2.05, 4.69) is 11.1 Å². The third-order valence-electron chi connectivity index (χ3n) is 2.80. The van der Waals surface area contributed by atoms with Gasteiger partial charge in [0.05, 0.1) is 11.1 Å². The molecule has 3 heteroatoms. The second kappa shape index (κ2) is 4.01. The number of nitrogens with zero attached hydrogens (tertiary/aromatic N) is 1. The van der Waals surface area contributed by atoms with E-state index in [4.69, 9.17) is 4.74 Å². The number of aliphatic imine (C=N–C) groups is 1. The van der Waals surface area contributed by atoms with Crippen LogP contribution in [0.4, 0.5) is 0 Å². The molecule has 0 amide bonds. The van der Waals surface area contributed by atoms with E-state index in [0.717, 1.165) is 24.1 Å². The van der Waals surface area contributed by atoms with Crippen molar-refractivity contribution in [3.05, 3.63) is 59.3 Å². The largest absolute Gasteiger partial charge is 0.403 e. The average molecular weight is 225 g/mol. The smallest absolute Gasteiger partial charge is 0.345 e. The van der Waals surface area contributed by atoms with Crippen LogP contribution < -0.4 is 0 Å². The number of ether oxygens (including phenoxy) is 1. The lowest BCUT2D eigenvalue weighted by Crippen LogP contribution is -2.01. The molecule has 0 fully saturated rings. The number of esters is 1. The number of cyclic esters (lactones) is 1. The van der Waals surface area contributed by atoms with Gasteiger partial charge in [-0.05, 0) is 31.1 Å². The number of fused-ring (bicyclic) bond motifs is 1. The fraction of sp³-hybridized carbons (Fsp3) is 0.143. The number of carbonyl (C=O) groups is 1. The Morgan fingerprint density at radius 1 is 1.18 bits per heavy atom. The van der Waals surface area contributed by atoms with Gasteiger partial charge < -0.3 is 4.74 Å². The Balaban J connectivity index is 2.01. The zero-order valence-corrected chi connectivity index (χ0v) is 9.22. The Kier molecular flexibility index (Phi) is 2.37. The summed E-state index contributed by atoms with van der Waals surface area (Å²) >= 11 is 0. The van der Waals surface area contributed by atoms with Crippen molar-refractivity contribution in [1.29, 1.82) is 0 Å². The standard InChI is InChI=1S/C14H11NO2/c16-14-12-9-5-4-8-11(12)13(17-14)15-10-6-2-1-3-7-10/h1-2,4-6,8-9H,3,7H2. The molecule has 0 saturated carbocycles. The van der Waals surface area contributed by atoms with E-state index >= 15 is 0 Å². The molecule has 1 aromatic rings. The Morgan fingerprint density at radius 2 is 2.00 bits per heavy atom. The van der Waals surface area contributed by atoms with Gasteiger partial charge in [0.1, 0.15) is 0 Å². The minimum Gasteiger partial charge on any atom is -0.403 e. The molecule has 3 nitrogen and oxygen atoms in total. The third kappa shape index (κ3) is 1.80. The van der Waals surface area contributed by atoms with Crippen molar-refractivity contribution in [2.45, 2.75) is 12.8 Å². The lowest BCUT2D eigenvalue weighted by Gasteiger charge is -2.04. The number of rotatable bonds is 1. The van der Waals surface area contributed by atoms with Gasteiger partial charge in [0.25, 0.3) is 0 Å². The average Bonchev–Trinajstić information content (AvgIpc) is 2.69. The normalized spacial score (nSPS) is 20.1. The maximum atomic E-state index is 11.6.